The molecule has 1 fully saturated rings. The van der Waals surface area contributed by atoms with E-state index < -0.39 is 0 Å². The first-order chi connectivity index (χ1) is 14.7. The Balaban J connectivity index is 1.17. The van der Waals surface area contributed by atoms with Gasteiger partial charge in [0.05, 0.1) is 7.11 Å². The molecule has 3 heterocycles. The lowest BCUT2D eigenvalue weighted by atomic mass is 9.97. The second-order valence-electron chi connectivity index (χ2n) is 7.59. The van der Waals surface area contributed by atoms with Gasteiger partial charge in [-0.25, -0.2) is 0 Å². The first kappa shape index (κ1) is 18.5. The van der Waals surface area contributed by atoms with Crippen LogP contribution in [0.25, 0.3) is 22.1 Å². The number of furan rings is 1. The Morgan fingerprint density at radius 3 is 2.80 bits per heavy atom. The first-order valence-corrected chi connectivity index (χ1v) is 10.2. The third kappa shape index (κ3) is 3.47. The van der Waals surface area contributed by atoms with Crippen molar-refractivity contribution >= 4 is 34.0 Å². The molecule has 7 heteroatoms. The summed E-state index contributed by atoms with van der Waals surface area (Å²) in [6.07, 6.45) is 1.93. The highest BCUT2D eigenvalue weighted by Gasteiger charge is 2.24. The number of aromatic nitrogens is 1. The number of carbonyl (C=O) groups excluding carboxylic acids is 1. The molecule has 1 saturated heterocycles. The number of benzene rings is 2. The van der Waals surface area contributed by atoms with Crippen LogP contribution in [0.3, 0.4) is 0 Å². The summed E-state index contributed by atoms with van der Waals surface area (Å²) in [6.45, 7) is 2.33. The number of oxazole rings is 1. The molecule has 2 aromatic heterocycles. The highest BCUT2D eigenvalue weighted by Crippen LogP contribution is 2.29. The summed E-state index contributed by atoms with van der Waals surface area (Å²) in [7, 11) is 1.59. The summed E-state index contributed by atoms with van der Waals surface area (Å²) in [5, 5.41) is 3.87. The molecule has 1 N–H and O–H groups in total. The van der Waals surface area contributed by atoms with Crippen LogP contribution in [0.5, 0.6) is 5.75 Å². The van der Waals surface area contributed by atoms with Gasteiger partial charge >= 0.3 is 0 Å². The van der Waals surface area contributed by atoms with E-state index in [0.29, 0.717) is 35.6 Å². The minimum atomic E-state index is -0.199. The summed E-state index contributed by atoms with van der Waals surface area (Å²) in [5.41, 5.74) is 2.28. The SMILES string of the molecule is COc1cccc2cc(C(=O)NCC3CCN(c4nc5ccccc5o4)CC3)oc12. The molecule has 1 aliphatic rings. The highest BCUT2D eigenvalue weighted by molar-refractivity contribution is 5.97. The van der Waals surface area contributed by atoms with Crippen molar-refractivity contribution in [3.8, 4) is 5.75 Å². The Hall–Kier alpha value is -3.48. The molecule has 0 atom stereocenters. The van der Waals surface area contributed by atoms with Crippen molar-refractivity contribution in [1.82, 2.24) is 10.3 Å². The number of carbonyl (C=O) groups is 1. The average Bonchev–Trinajstić information content (AvgIpc) is 3.42. The molecular weight excluding hydrogens is 382 g/mol. The fourth-order valence-corrected chi connectivity index (χ4v) is 3.96. The molecule has 154 valence electrons. The van der Waals surface area contributed by atoms with Crippen LogP contribution < -0.4 is 15.0 Å². The van der Waals surface area contributed by atoms with E-state index in [9.17, 15) is 4.79 Å². The Morgan fingerprint density at radius 2 is 2.00 bits per heavy atom. The standard InChI is InChI=1S/C23H23N3O4/c1-28-19-8-4-5-16-13-20(29-21(16)19)22(27)24-14-15-9-11-26(12-10-15)23-25-17-6-2-3-7-18(17)30-23/h2-8,13,15H,9-12,14H2,1H3,(H,24,27). The zero-order valence-electron chi connectivity index (χ0n) is 16.8. The summed E-state index contributed by atoms with van der Waals surface area (Å²) < 4.78 is 16.9. The quantitative estimate of drug-likeness (QED) is 0.535. The molecule has 0 bridgehead atoms. The van der Waals surface area contributed by atoms with E-state index in [-0.39, 0.29) is 5.91 Å². The summed E-state index contributed by atoms with van der Waals surface area (Å²) in [6, 6.07) is 15.8. The minimum Gasteiger partial charge on any atom is -0.493 e. The lowest BCUT2D eigenvalue weighted by molar-refractivity contribution is 0.0919. The van der Waals surface area contributed by atoms with E-state index in [4.69, 9.17) is 13.6 Å². The first-order valence-electron chi connectivity index (χ1n) is 10.2. The maximum absolute atomic E-state index is 12.6. The second-order valence-corrected chi connectivity index (χ2v) is 7.59. The number of anilines is 1. The van der Waals surface area contributed by atoms with Crippen molar-refractivity contribution in [2.24, 2.45) is 5.92 Å². The third-order valence-corrected chi connectivity index (χ3v) is 5.67. The van der Waals surface area contributed by atoms with Gasteiger partial charge in [0.15, 0.2) is 22.7 Å². The van der Waals surface area contributed by atoms with E-state index in [1.807, 2.05) is 42.5 Å². The summed E-state index contributed by atoms with van der Waals surface area (Å²) >= 11 is 0. The summed E-state index contributed by atoms with van der Waals surface area (Å²) in [5.74, 6) is 1.14. The number of nitrogens with one attached hydrogen (secondary N) is 1. The van der Waals surface area contributed by atoms with Crippen LogP contribution in [-0.2, 0) is 0 Å². The number of hydrogen-bond acceptors (Lipinski definition) is 6. The molecule has 0 aliphatic carbocycles. The molecule has 1 aliphatic heterocycles. The molecule has 30 heavy (non-hydrogen) atoms. The van der Waals surface area contributed by atoms with Gasteiger partial charge in [0.25, 0.3) is 11.9 Å². The van der Waals surface area contributed by atoms with E-state index >= 15 is 0 Å². The van der Waals surface area contributed by atoms with Crippen LogP contribution in [0.1, 0.15) is 23.4 Å². The minimum absolute atomic E-state index is 0.199. The second kappa shape index (κ2) is 7.74. The molecule has 0 radical (unpaired) electrons. The zero-order chi connectivity index (χ0) is 20.5. The van der Waals surface area contributed by atoms with Crippen LogP contribution in [0.4, 0.5) is 6.01 Å². The van der Waals surface area contributed by atoms with E-state index in [0.717, 1.165) is 42.4 Å². The van der Waals surface area contributed by atoms with Crippen molar-refractivity contribution in [2.45, 2.75) is 12.8 Å². The predicted molar refractivity (Wildman–Crippen MR) is 114 cm³/mol. The van der Waals surface area contributed by atoms with E-state index in [1.165, 1.54) is 0 Å². The number of nitrogens with zero attached hydrogens (tertiary/aromatic N) is 2. The predicted octanol–water partition coefficient (Wildman–Crippen LogP) is 4.23. The zero-order valence-corrected chi connectivity index (χ0v) is 16.8. The molecule has 0 spiro atoms. The van der Waals surface area contributed by atoms with Gasteiger partial charge in [-0.2, -0.15) is 4.98 Å². The summed E-state index contributed by atoms with van der Waals surface area (Å²) in [4.78, 5) is 19.3. The number of ether oxygens (including phenoxy) is 1. The Labute approximate surface area is 173 Å². The number of piperidine rings is 1. The number of fused-ring (bicyclic) bond motifs is 2. The monoisotopic (exact) mass is 405 g/mol. The Bertz CT molecular complexity index is 1150. The van der Waals surface area contributed by atoms with Crippen LogP contribution in [-0.4, -0.2) is 37.6 Å². The normalized spacial score (nSPS) is 15.0. The topological polar surface area (TPSA) is 80.7 Å². The maximum atomic E-state index is 12.6. The molecular formula is C23H23N3O4. The van der Waals surface area contributed by atoms with Crippen LogP contribution in [0.15, 0.2) is 57.4 Å². The van der Waals surface area contributed by atoms with Gasteiger partial charge in [-0.1, -0.05) is 24.3 Å². The molecule has 5 rings (SSSR count). The van der Waals surface area contributed by atoms with Crippen LogP contribution in [0, 0.1) is 5.92 Å². The molecule has 0 unspecified atom stereocenters. The third-order valence-electron chi connectivity index (χ3n) is 5.67. The molecule has 0 saturated carbocycles. The number of hydrogen-bond donors (Lipinski definition) is 1. The van der Waals surface area contributed by atoms with Gasteiger partial charge < -0.3 is 23.8 Å². The fourth-order valence-electron chi connectivity index (χ4n) is 3.96. The van der Waals surface area contributed by atoms with E-state index in [2.05, 4.69) is 15.2 Å². The van der Waals surface area contributed by atoms with Gasteiger partial charge in [0.1, 0.15) is 5.52 Å². The maximum Gasteiger partial charge on any atom is 0.298 e. The molecule has 4 aromatic rings. The lowest BCUT2D eigenvalue weighted by Crippen LogP contribution is -2.38. The fraction of sp³-hybridized carbons (Fsp3) is 0.304. The van der Waals surface area contributed by atoms with Gasteiger partial charge in [-0.05, 0) is 43.0 Å². The number of amides is 1. The van der Waals surface area contributed by atoms with Crippen molar-refractivity contribution in [2.75, 3.05) is 31.6 Å². The van der Waals surface area contributed by atoms with Crippen LogP contribution in [0.2, 0.25) is 0 Å². The van der Waals surface area contributed by atoms with Crippen molar-refractivity contribution in [3.63, 3.8) is 0 Å². The molecule has 1 amide bonds. The average molecular weight is 405 g/mol. The van der Waals surface area contributed by atoms with Gasteiger partial charge in [0.2, 0.25) is 0 Å². The molecule has 2 aromatic carbocycles. The smallest absolute Gasteiger partial charge is 0.298 e. The van der Waals surface area contributed by atoms with Crippen molar-refractivity contribution < 1.29 is 18.4 Å². The largest absolute Gasteiger partial charge is 0.493 e. The number of methoxy groups -OCH3 is 1. The van der Waals surface area contributed by atoms with Crippen LogP contribution >= 0.6 is 0 Å². The van der Waals surface area contributed by atoms with Gasteiger partial charge in [-0.15, -0.1) is 0 Å². The Morgan fingerprint density at radius 1 is 1.17 bits per heavy atom. The number of para-hydroxylation sites is 3. The Kier molecular flexibility index (Phi) is 4.78. The van der Waals surface area contributed by atoms with Crippen molar-refractivity contribution in [3.05, 3.63) is 54.3 Å². The number of rotatable bonds is 5. The van der Waals surface area contributed by atoms with Gasteiger partial charge in [0, 0.05) is 25.0 Å². The van der Waals surface area contributed by atoms with Gasteiger partial charge in [-0.3, -0.25) is 4.79 Å². The lowest BCUT2D eigenvalue weighted by Gasteiger charge is -2.30. The molecule has 7 nitrogen and oxygen atoms in total. The van der Waals surface area contributed by atoms with E-state index in [1.54, 1.807) is 13.2 Å². The van der Waals surface area contributed by atoms with Crippen molar-refractivity contribution in [1.29, 1.82) is 0 Å². The highest BCUT2D eigenvalue weighted by atomic mass is 16.5.